The van der Waals surface area contributed by atoms with Gasteiger partial charge in [-0.05, 0) is 49.4 Å². The van der Waals surface area contributed by atoms with E-state index in [9.17, 15) is 27.6 Å². The predicted octanol–water partition coefficient (Wildman–Crippen LogP) is 5.80. The van der Waals surface area contributed by atoms with E-state index in [1.54, 1.807) is 0 Å². The van der Waals surface area contributed by atoms with E-state index in [1.807, 2.05) is 6.07 Å². The number of nitrogens with zero attached hydrogens (tertiary/aromatic N) is 4. The normalized spacial score (nSPS) is 13.7. The van der Waals surface area contributed by atoms with Crippen LogP contribution in [0.3, 0.4) is 0 Å². The molecule has 1 amide bonds. The second-order valence-corrected chi connectivity index (χ2v) is 8.38. The molecule has 0 bridgehead atoms. The molecule has 188 valence electrons. The fraction of sp³-hybridized carbons (Fsp3) is 0.217. The molecule has 1 N–H and O–H groups in total. The van der Waals surface area contributed by atoms with Crippen LogP contribution in [0.25, 0.3) is 0 Å². The minimum absolute atomic E-state index is 0.112. The summed E-state index contributed by atoms with van der Waals surface area (Å²) in [6.07, 6.45) is -0.999. The maximum Gasteiger partial charge on any atom is 0.573 e. The van der Waals surface area contributed by atoms with Crippen molar-refractivity contribution in [1.82, 2.24) is 9.97 Å². The SMILES string of the molecule is C[C@](C(=O)Nc1ccc(Cl)c(C#N)c1)(c1cncnc1)N(C[C@H](F)Cl)c1ccc(OC(F)(F)F)cc1. The number of carbonyl (C=O) groups is 1. The van der Waals surface area contributed by atoms with Gasteiger partial charge < -0.3 is 15.0 Å². The van der Waals surface area contributed by atoms with Crippen molar-refractivity contribution in [1.29, 1.82) is 5.26 Å². The second kappa shape index (κ2) is 11.0. The smallest absolute Gasteiger partial charge is 0.406 e. The summed E-state index contributed by atoms with van der Waals surface area (Å²) in [6, 6.07) is 10.7. The highest BCUT2D eigenvalue weighted by molar-refractivity contribution is 6.31. The maximum atomic E-state index is 14.2. The van der Waals surface area contributed by atoms with Crippen LogP contribution in [0.1, 0.15) is 18.1 Å². The maximum absolute atomic E-state index is 14.2. The van der Waals surface area contributed by atoms with E-state index in [4.69, 9.17) is 23.2 Å². The van der Waals surface area contributed by atoms with Crippen LogP contribution in [-0.2, 0) is 10.3 Å². The third-order valence-electron chi connectivity index (χ3n) is 5.15. The van der Waals surface area contributed by atoms with Gasteiger partial charge >= 0.3 is 6.36 Å². The van der Waals surface area contributed by atoms with Gasteiger partial charge in [-0.3, -0.25) is 4.79 Å². The number of nitriles is 1. The van der Waals surface area contributed by atoms with Gasteiger partial charge in [-0.1, -0.05) is 23.2 Å². The van der Waals surface area contributed by atoms with Gasteiger partial charge in [0.2, 0.25) is 0 Å². The zero-order chi connectivity index (χ0) is 26.5. The van der Waals surface area contributed by atoms with Crippen LogP contribution in [0.5, 0.6) is 5.75 Å². The first-order valence-corrected chi connectivity index (χ1v) is 10.9. The molecule has 1 heterocycles. The Balaban J connectivity index is 2.08. The number of ether oxygens (including phenoxy) is 1. The van der Waals surface area contributed by atoms with Crippen molar-refractivity contribution in [2.24, 2.45) is 0 Å². The zero-order valence-electron chi connectivity index (χ0n) is 18.4. The van der Waals surface area contributed by atoms with Crippen LogP contribution in [-0.4, -0.2) is 34.4 Å². The third-order valence-corrected chi connectivity index (χ3v) is 5.62. The lowest BCUT2D eigenvalue weighted by Crippen LogP contribution is -2.54. The first kappa shape index (κ1) is 27.0. The number of rotatable bonds is 8. The molecule has 0 unspecified atom stereocenters. The van der Waals surface area contributed by atoms with Crippen molar-refractivity contribution in [2.75, 3.05) is 16.8 Å². The van der Waals surface area contributed by atoms with Crippen molar-refractivity contribution < 1.29 is 27.1 Å². The van der Waals surface area contributed by atoms with Crippen molar-refractivity contribution >= 4 is 40.5 Å². The van der Waals surface area contributed by atoms with E-state index in [-0.39, 0.29) is 27.5 Å². The highest BCUT2D eigenvalue weighted by atomic mass is 35.5. The number of halogens is 6. The molecule has 7 nitrogen and oxygen atoms in total. The molecule has 0 aliphatic heterocycles. The molecule has 0 saturated carbocycles. The molecular formula is C23H17Cl2F4N5O2. The fourth-order valence-corrected chi connectivity index (χ4v) is 3.71. The average molecular weight is 542 g/mol. The van der Waals surface area contributed by atoms with E-state index < -0.39 is 35.7 Å². The van der Waals surface area contributed by atoms with Crippen molar-refractivity contribution in [3.05, 3.63) is 77.3 Å². The molecule has 1 aromatic heterocycles. The quantitative estimate of drug-likeness (QED) is 0.286. The summed E-state index contributed by atoms with van der Waals surface area (Å²) in [5.74, 6) is -1.20. The highest BCUT2D eigenvalue weighted by Gasteiger charge is 2.43. The summed E-state index contributed by atoms with van der Waals surface area (Å²) in [6.45, 7) is 0.908. The first-order valence-electron chi connectivity index (χ1n) is 10.1. The van der Waals surface area contributed by atoms with Crippen LogP contribution in [0.4, 0.5) is 28.9 Å². The molecule has 3 aromatic rings. The minimum Gasteiger partial charge on any atom is -0.406 e. The number of hydrogen-bond donors (Lipinski definition) is 1. The number of benzene rings is 2. The average Bonchev–Trinajstić information content (AvgIpc) is 2.83. The fourth-order valence-electron chi connectivity index (χ4n) is 3.41. The molecule has 0 fully saturated rings. The molecule has 3 rings (SSSR count). The van der Waals surface area contributed by atoms with E-state index in [0.29, 0.717) is 0 Å². The predicted molar refractivity (Wildman–Crippen MR) is 125 cm³/mol. The van der Waals surface area contributed by atoms with Crippen LogP contribution in [0.2, 0.25) is 5.02 Å². The number of hydrogen-bond acceptors (Lipinski definition) is 6. The van der Waals surface area contributed by atoms with Gasteiger partial charge in [-0.25, -0.2) is 14.4 Å². The molecule has 0 spiro atoms. The molecule has 2 atom stereocenters. The van der Waals surface area contributed by atoms with E-state index in [1.165, 1.54) is 60.9 Å². The van der Waals surface area contributed by atoms with Gasteiger partial charge in [0.25, 0.3) is 5.91 Å². The lowest BCUT2D eigenvalue weighted by Gasteiger charge is -2.41. The van der Waals surface area contributed by atoms with Gasteiger partial charge in [0, 0.05) is 29.3 Å². The highest BCUT2D eigenvalue weighted by Crippen LogP contribution is 2.36. The van der Waals surface area contributed by atoms with E-state index >= 15 is 0 Å². The minimum atomic E-state index is -4.90. The molecule has 2 aromatic carbocycles. The lowest BCUT2D eigenvalue weighted by molar-refractivity contribution is -0.274. The Kier molecular flexibility index (Phi) is 8.22. The summed E-state index contributed by atoms with van der Waals surface area (Å²) < 4.78 is 55.8. The number of nitrogens with one attached hydrogen (secondary N) is 1. The number of amides is 1. The summed E-state index contributed by atoms with van der Waals surface area (Å²) in [4.78, 5) is 22.8. The standard InChI is InChI=1S/C23H17Cl2F4N5O2/c1-22(15-10-31-13-32-11-15,21(35)33-16-2-7-19(24)14(8-16)9-30)34(12-20(25)26)17-3-5-18(6-4-17)36-23(27,28)29/h2-8,10-11,13,20H,12H2,1H3,(H,33,35)/t20-,22+/m0/s1. The van der Waals surface area contributed by atoms with Crippen molar-refractivity contribution in [2.45, 2.75) is 24.5 Å². The number of carbonyl (C=O) groups excluding carboxylic acids is 1. The number of alkyl halides is 5. The molecule has 0 aliphatic rings. The largest absolute Gasteiger partial charge is 0.573 e. The Morgan fingerprint density at radius 3 is 2.39 bits per heavy atom. The number of anilines is 2. The van der Waals surface area contributed by atoms with Crippen LogP contribution >= 0.6 is 23.2 Å². The Morgan fingerprint density at radius 1 is 1.19 bits per heavy atom. The lowest BCUT2D eigenvalue weighted by atomic mass is 9.90. The van der Waals surface area contributed by atoms with Gasteiger partial charge in [0.1, 0.15) is 23.7 Å². The summed E-state index contributed by atoms with van der Waals surface area (Å²) in [7, 11) is 0. The Morgan fingerprint density at radius 2 is 1.83 bits per heavy atom. The summed E-state index contributed by atoms with van der Waals surface area (Å²) in [5, 5.41) is 12.1. The Hall–Kier alpha value is -3.62. The Bertz CT molecular complexity index is 1250. The van der Waals surface area contributed by atoms with Crippen LogP contribution in [0, 0.1) is 11.3 Å². The van der Waals surface area contributed by atoms with E-state index in [2.05, 4.69) is 20.0 Å². The third kappa shape index (κ3) is 6.33. The molecule has 0 radical (unpaired) electrons. The summed E-state index contributed by atoms with van der Waals surface area (Å²) >= 11 is 11.6. The molecule has 13 heteroatoms. The molecular weight excluding hydrogens is 525 g/mol. The number of aromatic nitrogens is 2. The van der Waals surface area contributed by atoms with Crippen LogP contribution < -0.4 is 15.0 Å². The monoisotopic (exact) mass is 541 g/mol. The molecule has 36 heavy (non-hydrogen) atoms. The molecule has 0 saturated heterocycles. The molecule has 0 aliphatic carbocycles. The first-order chi connectivity index (χ1) is 16.9. The van der Waals surface area contributed by atoms with Crippen molar-refractivity contribution in [3.8, 4) is 11.8 Å². The van der Waals surface area contributed by atoms with E-state index in [0.717, 1.165) is 12.1 Å². The van der Waals surface area contributed by atoms with Gasteiger partial charge in [0.15, 0.2) is 5.63 Å². The van der Waals surface area contributed by atoms with Crippen molar-refractivity contribution in [3.63, 3.8) is 0 Å². The Labute approximate surface area is 213 Å². The topological polar surface area (TPSA) is 91.1 Å². The summed E-state index contributed by atoms with van der Waals surface area (Å²) in [5.41, 5.74) is -2.97. The zero-order valence-corrected chi connectivity index (χ0v) is 19.9. The van der Waals surface area contributed by atoms with Gasteiger partial charge in [0.05, 0.1) is 17.1 Å². The van der Waals surface area contributed by atoms with Crippen LogP contribution in [0.15, 0.2) is 61.2 Å². The van der Waals surface area contributed by atoms with Gasteiger partial charge in [-0.15, -0.1) is 13.2 Å². The second-order valence-electron chi connectivity index (χ2n) is 7.50. The van der Waals surface area contributed by atoms with Gasteiger partial charge in [-0.2, -0.15) is 5.26 Å².